The van der Waals surface area contributed by atoms with Crippen LogP contribution in [0.5, 0.6) is 0 Å². The summed E-state index contributed by atoms with van der Waals surface area (Å²) in [4.78, 5) is 33.1. The average Bonchev–Trinajstić information content (AvgIpc) is 2.12. The van der Waals surface area contributed by atoms with Gasteiger partial charge in [0.15, 0.2) is 0 Å². The first kappa shape index (κ1) is 18.2. The van der Waals surface area contributed by atoms with E-state index in [0.717, 1.165) is 11.3 Å². The molecule has 0 aliphatic carbocycles. The minimum atomic E-state index is -1.16. The molecular formula is C9H16N2NiO5. The van der Waals surface area contributed by atoms with Crippen molar-refractivity contribution in [2.75, 3.05) is 26.2 Å². The molecule has 0 radical (unpaired) electrons. The van der Waals surface area contributed by atoms with Crippen molar-refractivity contribution in [3.63, 3.8) is 0 Å². The van der Waals surface area contributed by atoms with E-state index in [1.54, 1.807) is 0 Å². The summed E-state index contributed by atoms with van der Waals surface area (Å²) in [6.07, 6.45) is 0.767. The second kappa shape index (κ2) is 10.0. The van der Waals surface area contributed by atoms with Crippen molar-refractivity contribution in [1.82, 2.24) is 10.2 Å². The number of carboxylic acid groups (broad SMARTS) is 2. The normalized spacial score (nSPS) is 9.53. The monoisotopic (exact) mass is 290 g/mol. The summed E-state index contributed by atoms with van der Waals surface area (Å²) < 4.78 is 0. The van der Waals surface area contributed by atoms with E-state index >= 15 is 0 Å². The second-order valence-corrected chi connectivity index (χ2v) is 3.28. The van der Waals surface area contributed by atoms with Crippen molar-refractivity contribution in [1.29, 1.82) is 0 Å². The molecule has 0 saturated heterocycles. The van der Waals surface area contributed by atoms with Crippen LogP contribution >= 0.6 is 0 Å². The Labute approximate surface area is 109 Å². The molecule has 0 fully saturated rings. The molecule has 0 spiro atoms. The number of carbonyl (C=O) groups excluding carboxylic acids is 1. The fraction of sp³-hybridized carbons (Fsp3) is 0.667. The summed E-state index contributed by atoms with van der Waals surface area (Å²) in [5.41, 5.74) is 0. The number of nitrogens with zero attached hydrogens (tertiary/aromatic N) is 1. The van der Waals surface area contributed by atoms with E-state index in [9.17, 15) is 14.4 Å². The van der Waals surface area contributed by atoms with Crippen LogP contribution in [0.4, 0.5) is 0 Å². The molecular weight excluding hydrogens is 275 g/mol. The predicted molar refractivity (Wildman–Crippen MR) is 55.0 cm³/mol. The summed E-state index contributed by atoms with van der Waals surface area (Å²) in [6.45, 7) is 1.22. The number of carbonyl (C=O) groups is 3. The van der Waals surface area contributed by atoms with E-state index in [-0.39, 0.29) is 28.9 Å². The van der Waals surface area contributed by atoms with Crippen LogP contribution in [-0.2, 0) is 30.9 Å². The molecule has 0 aromatic rings. The van der Waals surface area contributed by atoms with Gasteiger partial charge in [0, 0.05) is 23.0 Å². The molecule has 7 nitrogen and oxygen atoms in total. The molecule has 8 heteroatoms. The van der Waals surface area contributed by atoms with E-state index in [1.165, 1.54) is 0 Å². The summed E-state index contributed by atoms with van der Waals surface area (Å²) in [7, 11) is 0. The van der Waals surface area contributed by atoms with Crippen molar-refractivity contribution < 1.29 is 41.1 Å². The van der Waals surface area contributed by atoms with Gasteiger partial charge in [0.05, 0.1) is 19.6 Å². The molecule has 0 aromatic heterocycles. The van der Waals surface area contributed by atoms with Gasteiger partial charge in [-0.15, -0.1) is 0 Å². The molecule has 0 aliphatic heterocycles. The average molecular weight is 291 g/mol. The summed E-state index contributed by atoms with van der Waals surface area (Å²) in [5, 5.41) is 19.6. The van der Waals surface area contributed by atoms with Crippen molar-refractivity contribution in [2.24, 2.45) is 0 Å². The summed E-state index contributed by atoms with van der Waals surface area (Å²) in [6, 6.07) is 0. The third kappa shape index (κ3) is 11.1. The van der Waals surface area contributed by atoms with Gasteiger partial charge in [-0.05, 0) is 6.42 Å². The van der Waals surface area contributed by atoms with Crippen LogP contribution in [0.3, 0.4) is 0 Å². The minimum absolute atomic E-state index is 0. The fourth-order valence-corrected chi connectivity index (χ4v) is 1.07. The SMILES string of the molecule is CCCNC(=O)CN(CC(=O)O)CC(=O)O.[Ni]. The Kier molecular flexibility index (Phi) is 10.8. The number of aliphatic carboxylic acids is 2. The Morgan fingerprint density at radius 3 is 1.88 bits per heavy atom. The Hall–Kier alpha value is -1.14. The first-order valence-electron chi connectivity index (χ1n) is 4.88. The van der Waals surface area contributed by atoms with E-state index in [4.69, 9.17) is 10.2 Å². The van der Waals surface area contributed by atoms with Crippen molar-refractivity contribution >= 4 is 17.8 Å². The Morgan fingerprint density at radius 2 is 1.53 bits per heavy atom. The maximum absolute atomic E-state index is 11.2. The van der Waals surface area contributed by atoms with Crippen LogP contribution in [0.1, 0.15) is 13.3 Å². The van der Waals surface area contributed by atoms with Gasteiger partial charge < -0.3 is 15.5 Å². The maximum Gasteiger partial charge on any atom is 0.317 e. The number of carboxylic acids is 2. The minimum Gasteiger partial charge on any atom is -0.480 e. The van der Waals surface area contributed by atoms with Gasteiger partial charge in [0.2, 0.25) is 5.91 Å². The number of hydrogen-bond acceptors (Lipinski definition) is 4. The smallest absolute Gasteiger partial charge is 0.317 e. The van der Waals surface area contributed by atoms with Gasteiger partial charge in [-0.1, -0.05) is 6.92 Å². The maximum atomic E-state index is 11.2. The number of hydrogen-bond donors (Lipinski definition) is 3. The van der Waals surface area contributed by atoms with Crippen LogP contribution < -0.4 is 5.32 Å². The van der Waals surface area contributed by atoms with Gasteiger partial charge in [-0.3, -0.25) is 19.3 Å². The van der Waals surface area contributed by atoms with E-state index in [2.05, 4.69) is 5.32 Å². The zero-order valence-corrected chi connectivity index (χ0v) is 10.4. The number of nitrogens with one attached hydrogen (secondary N) is 1. The topological polar surface area (TPSA) is 107 Å². The van der Waals surface area contributed by atoms with Gasteiger partial charge in [-0.2, -0.15) is 0 Å². The van der Waals surface area contributed by atoms with Crippen LogP contribution in [0, 0.1) is 0 Å². The molecule has 1 amide bonds. The molecule has 102 valence electrons. The van der Waals surface area contributed by atoms with Gasteiger partial charge >= 0.3 is 11.9 Å². The molecule has 17 heavy (non-hydrogen) atoms. The van der Waals surface area contributed by atoms with Crippen molar-refractivity contribution in [2.45, 2.75) is 13.3 Å². The van der Waals surface area contributed by atoms with E-state index in [0.29, 0.717) is 6.54 Å². The van der Waals surface area contributed by atoms with Gasteiger partial charge in [0.25, 0.3) is 0 Å². The third-order valence-corrected chi connectivity index (χ3v) is 1.66. The zero-order chi connectivity index (χ0) is 12.6. The quantitative estimate of drug-likeness (QED) is 0.494. The first-order valence-corrected chi connectivity index (χ1v) is 4.88. The first-order chi connectivity index (χ1) is 7.45. The van der Waals surface area contributed by atoms with Crippen LogP contribution in [0.25, 0.3) is 0 Å². The predicted octanol–water partition coefficient (Wildman–Crippen LogP) is -1.02. The molecule has 0 rings (SSSR count). The summed E-state index contributed by atoms with van der Waals surface area (Å²) >= 11 is 0. The summed E-state index contributed by atoms with van der Waals surface area (Å²) in [5.74, 6) is -2.70. The molecule has 0 aromatic carbocycles. The zero-order valence-electron chi connectivity index (χ0n) is 9.42. The number of rotatable bonds is 8. The second-order valence-electron chi connectivity index (χ2n) is 3.28. The Bertz CT molecular complexity index is 256. The molecule has 0 aliphatic rings. The Morgan fingerprint density at radius 1 is 1.06 bits per heavy atom. The van der Waals surface area contributed by atoms with E-state index < -0.39 is 25.0 Å². The standard InChI is InChI=1S/C9H16N2O5.Ni/c1-2-3-10-7(12)4-11(5-8(13)14)6-9(15)16;/h2-6H2,1H3,(H,10,12)(H,13,14)(H,15,16);. The van der Waals surface area contributed by atoms with Gasteiger partial charge in [0.1, 0.15) is 0 Å². The van der Waals surface area contributed by atoms with Crippen LogP contribution in [0.2, 0.25) is 0 Å². The molecule has 0 bridgehead atoms. The molecule has 0 saturated carbocycles. The van der Waals surface area contributed by atoms with Crippen molar-refractivity contribution in [3.05, 3.63) is 0 Å². The molecule has 0 unspecified atom stereocenters. The largest absolute Gasteiger partial charge is 0.480 e. The van der Waals surface area contributed by atoms with Crippen LogP contribution in [0.15, 0.2) is 0 Å². The molecule has 3 N–H and O–H groups in total. The molecule has 0 heterocycles. The fourth-order valence-electron chi connectivity index (χ4n) is 1.07. The third-order valence-electron chi connectivity index (χ3n) is 1.66. The van der Waals surface area contributed by atoms with Gasteiger partial charge in [-0.25, -0.2) is 0 Å². The van der Waals surface area contributed by atoms with Crippen LogP contribution in [-0.4, -0.2) is 59.1 Å². The molecule has 0 atom stereocenters. The Balaban J connectivity index is 0. The van der Waals surface area contributed by atoms with Crippen molar-refractivity contribution in [3.8, 4) is 0 Å². The number of amides is 1. The van der Waals surface area contributed by atoms with E-state index in [1.807, 2.05) is 6.92 Å².